The van der Waals surface area contributed by atoms with E-state index in [2.05, 4.69) is 40.7 Å². The molecule has 0 heterocycles. The second kappa shape index (κ2) is 7.66. The molecular weight excluding hydrogens is 360 g/mol. The maximum Gasteiger partial charge on any atom is -0.00853 e. The van der Waals surface area contributed by atoms with Crippen LogP contribution in [0.1, 0.15) is 125 Å². The van der Waals surface area contributed by atoms with E-state index in [1.54, 1.807) is 6.42 Å². The summed E-state index contributed by atoms with van der Waals surface area (Å²) in [5.74, 6) is 6.00. The van der Waals surface area contributed by atoms with Gasteiger partial charge in [0, 0.05) is 0 Å². The second-order valence-corrected chi connectivity index (χ2v) is 14.0. The van der Waals surface area contributed by atoms with E-state index in [4.69, 9.17) is 0 Å². The summed E-state index contributed by atoms with van der Waals surface area (Å²) in [5.41, 5.74) is 3.71. The summed E-state index contributed by atoms with van der Waals surface area (Å²) in [7, 11) is 0. The Kier molecular flexibility index (Phi) is 5.51. The molecule has 0 heteroatoms. The normalized spacial score (nSPS) is 47.0. The van der Waals surface area contributed by atoms with Crippen LogP contribution in [0.3, 0.4) is 0 Å². The Morgan fingerprint density at radius 1 is 0.867 bits per heavy atom. The summed E-state index contributed by atoms with van der Waals surface area (Å²) < 4.78 is 0. The van der Waals surface area contributed by atoms with E-state index >= 15 is 0 Å². The first-order valence-corrected chi connectivity index (χ1v) is 13.9. The van der Waals surface area contributed by atoms with Crippen LogP contribution in [0, 0.1) is 51.8 Å². The van der Waals surface area contributed by atoms with Crippen LogP contribution in [-0.2, 0) is 0 Å². The molecule has 0 aromatic carbocycles. The summed E-state index contributed by atoms with van der Waals surface area (Å²) in [4.78, 5) is 0. The number of rotatable bonds is 3. The highest BCUT2D eigenvalue weighted by Crippen LogP contribution is 2.67. The zero-order valence-corrected chi connectivity index (χ0v) is 20.9. The molecule has 7 atom stereocenters. The Morgan fingerprint density at radius 3 is 2.40 bits per heavy atom. The Morgan fingerprint density at radius 2 is 1.63 bits per heavy atom. The fourth-order valence-corrected chi connectivity index (χ4v) is 10.1. The molecule has 0 aromatic rings. The topological polar surface area (TPSA) is 0 Å². The van der Waals surface area contributed by atoms with E-state index in [-0.39, 0.29) is 0 Å². The molecule has 0 spiro atoms. The zero-order chi connectivity index (χ0) is 21.1. The van der Waals surface area contributed by atoms with Crippen LogP contribution in [0.15, 0.2) is 11.6 Å². The zero-order valence-electron chi connectivity index (χ0n) is 20.9. The number of allylic oxidation sites excluding steroid dienone is 2. The fourth-order valence-electron chi connectivity index (χ4n) is 10.1. The summed E-state index contributed by atoms with van der Waals surface area (Å²) >= 11 is 0. The average molecular weight is 411 g/mol. The van der Waals surface area contributed by atoms with Crippen molar-refractivity contribution >= 4 is 0 Å². The van der Waals surface area contributed by atoms with E-state index in [0.717, 1.165) is 35.5 Å². The van der Waals surface area contributed by atoms with Crippen LogP contribution >= 0.6 is 0 Å². The molecule has 0 radical (unpaired) electrons. The molecule has 0 saturated heterocycles. The van der Waals surface area contributed by atoms with E-state index in [1.165, 1.54) is 83.5 Å². The van der Waals surface area contributed by atoms with Gasteiger partial charge in [-0.15, -0.1) is 0 Å². The molecule has 0 N–H and O–H groups in total. The Balaban J connectivity index is 1.29. The Hall–Kier alpha value is -0.260. The molecule has 5 rings (SSSR count). The summed E-state index contributed by atoms with van der Waals surface area (Å²) in [6.07, 6.45) is 23.6. The summed E-state index contributed by atoms with van der Waals surface area (Å²) in [5, 5.41) is 0. The van der Waals surface area contributed by atoms with Gasteiger partial charge in [-0.25, -0.2) is 0 Å². The van der Waals surface area contributed by atoms with Gasteiger partial charge in [0.1, 0.15) is 0 Å². The van der Waals surface area contributed by atoms with Gasteiger partial charge in [-0.2, -0.15) is 0 Å². The lowest BCUT2D eigenvalue weighted by atomic mass is 9.47. The van der Waals surface area contributed by atoms with Gasteiger partial charge in [-0.05, 0) is 135 Å². The van der Waals surface area contributed by atoms with Crippen LogP contribution < -0.4 is 0 Å². The Labute approximate surface area is 188 Å². The van der Waals surface area contributed by atoms with Crippen LogP contribution in [0.25, 0.3) is 0 Å². The highest BCUT2D eigenvalue weighted by atomic mass is 14.6. The summed E-state index contributed by atoms with van der Waals surface area (Å²) in [6, 6.07) is 0. The van der Waals surface area contributed by atoms with Crippen LogP contribution in [0.5, 0.6) is 0 Å². The third-order valence-corrected chi connectivity index (χ3v) is 11.9. The van der Waals surface area contributed by atoms with E-state index in [9.17, 15) is 0 Å². The largest absolute Gasteiger partial charge is 0.0845 e. The predicted molar refractivity (Wildman–Crippen MR) is 129 cm³/mol. The Bertz CT molecular complexity index is 660. The van der Waals surface area contributed by atoms with Gasteiger partial charge in [0.25, 0.3) is 0 Å². The highest BCUT2D eigenvalue weighted by molar-refractivity contribution is 5.24. The van der Waals surface area contributed by atoms with Gasteiger partial charge in [0.2, 0.25) is 0 Å². The van der Waals surface area contributed by atoms with Crippen molar-refractivity contribution < 1.29 is 0 Å². The van der Waals surface area contributed by atoms with Gasteiger partial charge >= 0.3 is 0 Å². The molecule has 0 bridgehead atoms. The van der Waals surface area contributed by atoms with Crippen LogP contribution in [0.2, 0.25) is 0 Å². The molecule has 4 saturated carbocycles. The minimum atomic E-state index is 0.571. The minimum absolute atomic E-state index is 0.571. The first-order chi connectivity index (χ1) is 14.2. The van der Waals surface area contributed by atoms with Gasteiger partial charge in [-0.3, -0.25) is 0 Å². The average Bonchev–Trinajstić information content (AvgIpc) is 3.06. The van der Waals surface area contributed by atoms with Crippen molar-refractivity contribution in [1.82, 2.24) is 0 Å². The standard InChI is InChI=1S/C30H50/c1-21(20-22-13-17-28(2,3)18-14-22)25-11-12-26-24-10-9-23-8-6-7-16-29(23,4)27(24)15-19-30(25,26)5/h9,21-22,24-27H,6-8,10-20H2,1-5H3. The lowest BCUT2D eigenvalue weighted by Gasteiger charge is -2.58. The SMILES string of the molecule is CC(CC1CCC(C)(C)CC1)C1CCC2C3CC=C4CCCCC4(C)C3CCC12C. The van der Waals surface area contributed by atoms with Crippen LogP contribution in [0.4, 0.5) is 0 Å². The van der Waals surface area contributed by atoms with Gasteiger partial charge in [0.15, 0.2) is 0 Å². The van der Waals surface area contributed by atoms with Crippen molar-refractivity contribution in [3.63, 3.8) is 0 Å². The lowest BCUT2D eigenvalue weighted by molar-refractivity contribution is -0.0515. The fraction of sp³-hybridized carbons (Fsp3) is 0.933. The monoisotopic (exact) mass is 410 g/mol. The van der Waals surface area contributed by atoms with Crippen molar-refractivity contribution in [1.29, 1.82) is 0 Å². The molecule has 170 valence electrons. The molecule has 30 heavy (non-hydrogen) atoms. The van der Waals surface area contributed by atoms with Gasteiger partial charge < -0.3 is 0 Å². The number of hydrogen-bond donors (Lipinski definition) is 0. The first kappa shape index (κ1) is 21.6. The van der Waals surface area contributed by atoms with Crippen LogP contribution in [-0.4, -0.2) is 0 Å². The van der Waals surface area contributed by atoms with E-state index in [1.807, 2.05) is 5.57 Å². The third kappa shape index (κ3) is 3.46. The highest BCUT2D eigenvalue weighted by Gasteiger charge is 2.58. The quantitative estimate of drug-likeness (QED) is 0.407. The van der Waals surface area contributed by atoms with Gasteiger partial charge in [-0.1, -0.05) is 52.7 Å². The van der Waals surface area contributed by atoms with Crippen molar-refractivity contribution in [2.24, 2.45) is 51.8 Å². The van der Waals surface area contributed by atoms with Gasteiger partial charge in [0.05, 0.1) is 0 Å². The maximum atomic E-state index is 2.76. The van der Waals surface area contributed by atoms with Crippen molar-refractivity contribution in [3.05, 3.63) is 11.6 Å². The number of hydrogen-bond acceptors (Lipinski definition) is 0. The van der Waals surface area contributed by atoms with E-state index < -0.39 is 0 Å². The maximum absolute atomic E-state index is 2.76. The smallest absolute Gasteiger partial charge is 0.00853 e. The summed E-state index contributed by atoms with van der Waals surface area (Å²) in [6.45, 7) is 13.1. The molecule has 0 nitrogen and oxygen atoms in total. The second-order valence-electron chi connectivity index (χ2n) is 14.0. The lowest BCUT2D eigenvalue weighted by Crippen LogP contribution is -2.50. The molecule has 5 aliphatic rings. The molecule has 7 unspecified atom stereocenters. The number of fused-ring (bicyclic) bond motifs is 5. The molecular formula is C30H50. The predicted octanol–water partition coefficient (Wildman–Crippen LogP) is 9.20. The molecule has 0 amide bonds. The van der Waals surface area contributed by atoms with E-state index in [0.29, 0.717) is 16.2 Å². The molecule has 0 aliphatic heterocycles. The first-order valence-electron chi connectivity index (χ1n) is 13.9. The van der Waals surface area contributed by atoms with Crippen molar-refractivity contribution in [3.8, 4) is 0 Å². The molecule has 5 aliphatic carbocycles. The van der Waals surface area contributed by atoms with Crippen molar-refractivity contribution in [2.45, 2.75) is 125 Å². The molecule has 4 fully saturated rings. The third-order valence-electron chi connectivity index (χ3n) is 11.9. The molecule has 0 aromatic heterocycles. The minimum Gasteiger partial charge on any atom is -0.0845 e. The van der Waals surface area contributed by atoms with Crippen molar-refractivity contribution in [2.75, 3.05) is 0 Å².